The molecule has 0 aromatic rings. The van der Waals surface area contributed by atoms with Gasteiger partial charge in [-0.2, -0.15) is 5.26 Å². The number of nitrogens with zero attached hydrogens (tertiary/aromatic N) is 2. The molecule has 1 fully saturated rings. The van der Waals surface area contributed by atoms with Crippen molar-refractivity contribution in [3.05, 3.63) is 0 Å². The first-order valence-electron chi connectivity index (χ1n) is 10.5. The van der Waals surface area contributed by atoms with Gasteiger partial charge in [-0.15, -0.1) is 0 Å². The van der Waals surface area contributed by atoms with Crippen molar-refractivity contribution in [3.8, 4) is 6.07 Å². The second-order valence-corrected chi connectivity index (χ2v) is 14.0. The molecule has 2 N–H and O–H groups in total. The van der Waals surface area contributed by atoms with E-state index < -0.39 is 35.1 Å². The van der Waals surface area contributed by atoms with Crippen LogP contribution in [0.2, 0.25) is 19.1 Å². The summed E-state index contributed by atoms with van der Waals surface area (Å²) in [6.45, 7) is 5.47. The normalized spacial score (nSPS) is 24.2. The number of nitrogens with one attached hydrogen (secondary N) is 1. The van der Waals surface area contributed by atoms with Gasteiger partial charge in [0.25, 0.3) is 0 Å². The molecule has 173 valence electrons. The summed E-state index contributed by atoms with van der Waals surface area (Å²) in [6, 6.07) is 3.05. The van der Waals surface area contributed by atoms with Crippen molar-refractivity contribution >= 4 is 16.3 Å². The molecule has 0 saturated carbocycles. The molecule has 0 aromatic heterocycles. The SMILES string of the molecule is [3H]C1CC(O[P+](O)(COCCC#N)OCCNCCC[Si](C)(C)OC)C(CO[N]=[V])O1. The number of rotatable bonds is 18. The molecule has 1 heterocycles. The van der Waals surface area contributed by atoms with Gasteiger partial charge >= 0.3 is 141 Å². The summed E-state index contributed by atoms with van der Waals surface area (Å²) >= 11 is 1.94. The Balaban J connectivity index is 2.50. The van der Waals surface area contributed by atoms with E-state index in [0.717, 1.165) is 19.0 Å². The maximum atomic E-state index is 11.0. The molecule has 1 rings (SSSR count). The van der Waals surface area contributed by atoms with E-state index in [-0.39, 0.29) is 39.0 Å². The van der Waals surface area contributed by atoms with Crippen LogP contribution in [0.1, 0.15) is 20.6 Å². The minimum absolute atomic E-state index is 0.104. The Labute approximate surface area is 191 Å². The van der Waals surface area contributed by atoms with Crippen molar-refractivity contribution in [3.63, 3.8) is 0 Å². The topological polar surface area (TPSA) is 124 Å². The van der Waals surface area contributed by atoms with Crippen molar-refractivity contribution in [2.45, 2.75) is 50.6 Å². The van der Waals surface area contributed by atoms with Gasteiger partial charge in [0.1, 0.15) is 0 Å². The van der Waals surface area contributed by atoms with E-state index in [9.17, 15) is 4.89 Å². The second kappa shape index (κ2) is 15.9. The first-order valence-corrected chi connectivity index (χ1v) is 15.4. The summed E-state index contributed by atoms with van der Waals surface area (Å²) in [6.07, 6.45) is 0.196. The molecular formula is C17H35N3O7PSiV+. The molecule has 13 heteroatoms. The van der Waals surface area contributed by atoms with Crippen molar-refractivity contribution in [2.75, 3.05) is 53.0 Å². The van der Waals surface area contributed by atoms with Gasteiger partial charge in [-0.3, -0.25) is 0 Å². The van der Waals surface area contributed by atoms with E-state index in [0.29, 0.717) is 6.54 Å². The summed E-state index contributed by atoms with van der Waals surface area (Å²) in [7, 11) is -3.16. The number of hydrogen-bond donors (Lipinski definition) is 2. The van der Waals surface area contributed by atoms with E-state index in [2.05, 4.69) is 22.4 Å². The molecule has 30 heavy (non-hydrogen) atoms. The van der Waals surface area contributed by atoms with Gasteiger partial charge in [-0.05, 0) is 25.6 Å². The van der Waals surface area contributed by atoms with Crippen LogP contribution in [0.15, 0.2) is 3.95 Å². The predicted octanol–water partition coefficient (Wildman–Crippen LogP) is 2.31. The van der Waals surface area contributed by atoms with Gasteiger partial charge < -0.3 is 4.43 Å². The van der Waals surface area contributed by atoms with Crippen LogP contribution in [0, 0.1) is 11.3 Å². The third kappa shape index (κ3) is 12.3. The molecule has 1 saturated heterocycles. The van der Waals surface area contributed by atoms with Gasteiger partial charge in [0.15, 0.2) is 8.32 Å². The number of hydrogen-bond acceptors (Lipinski definition) is 10. The minimum atomic E-state index is -3.38. The van der Waals surface area contributed by atoms with Gasteiger partial charge in [0, 0.05) is 7.11 Å². The third-order valence-corrected chi connectivity index (χ3v) is 9.02. The number of nitriles is 1. The monoisotopic (exact) mass is 505 g/mol. The molecule has 0 amide bonds. The average molecular weight is 505 g/mol. The summed E-state index contributed by atoms with van der Waals surface area (Å²) in [5.74, 6) is 0. The van der Waals surface area contributed by atoms with Crippen LogP contribution in [-0.2, 0) is 45.0 Å². The Morgan fingerprint density at radius 1 is 1.43 bits per heavy atom. The Kier molecular flexibility index (Phi) is 14.0. The van der Waals surface area contributed by atoms with Crippen LogP contribution in [0.5, 0.6) is 0 Å². The third-order valence-electron chi connectivity index (χ3n) is 4.48. The van der Waals surface area contributed by atoms with Crippen molar-refractivity contribution in [2.24, 2.45) is 3.95 Å². The maximum absolute atomic E-state index is 11.0. The fraction of sp³-hybridized carbons (Fsp3) is 0.941. The molecule has 0 spiro atoms. The molecule has 4 unspecified atom stereocenters. The molecule has 0 bridgehead atoms. The van der Waals surface area contributed by atoms with Crippen LogP contribution in [-0.4, -0.2) is 78.4 Å². The van der Waals surface area contributed by atoms with E-state index in [1.165, 1.54) is 0 Å². The Bertz CT molecular complexity index is 566. The summed E-state index contributed by atoms with van der Waals surface area (Å²) in [4.78, 5) is 16.0. The Morgan fingerprint density at radius 2 is 2.23 bits per heavy atom. The van der Waals surface area contributed by atoms with E-state index in [1.54, 1.807) is 7.11 Å². The first-order chi connectivity index (χ1) is 14.7. The van der Waals surface area contributed by atoms with Gasteiger partial charge in [-0.1, -0.05) is 0 Å². The number of ether oxygens (including phenoxy) is 2. The van der Waals surface area contributed by atoms with Crippen molar-refractivity contribution in [1.29, 1.82) is 5.26 Å². The van der Waals surface area contributed by atoms with Crippen LogP contribution in [0.4, 0.5) is 0 Å². The Hall–Kier alpha value is 0.201. The van der Waals surface area contributed by atoms with Gasteiger partial charge in [0.2, 0.25) is 0 Å². The van der Waals surface area contributed by atoms with E-state index in [1.807, 2.05) is 23.3 Å². The summed E-state index contributed by atoms with van der Waals surface area (Å²) < 4.78 is 39.3. The fourth-order valence-electron chi connectivity index (χ4n) is 2.61. The van der Waals surface area contributed by atoms with Crippen LogP contribution in [0.3, 0.4) is 0 Å². The van der Waals surface area contributed by atoms with Crippen LogP contribution in [0.25, 0.3) is 0 Å². The zero-order chi connectivity index (χ0) is 23.2. The molecular weight excluding hydrogens is 468 g/mol. The predicted molar refractivity (Wildman–Crippen MR) is 111 cm³/mol. The molecule has 0 aliphatic carbocycles. The van der Waals surface area contributed by atoms with E-state index >= 15 is 0 Å². The molecule has 10 nitrogen and oxygen atoms in total. The zero-order valence-corrected chi connectivity index (χ0v) is 21.3. The van der Waals surface area contributed by atoms with Gasteiger partial charge in [0.05, 0.1) is 0 Å². The Morgan fingerprint density at radius 3 is 2.93 bits per heavy atom. The summed E-state index contributed by atoms with van der Waals surface area (Å²) in [5.41, 5.74) is 0. The molecule has 0 aromatic carbocycles. The zero-order valence-electron chi connectivity index (χ0n) is 19.0. The summed E-state index contributed by atoms with van der Waals surface area (Å²) in [5, 5.41) is 11.9. The average Bonchev–Trinajstić information content (AvgIpc) is 3.07. The van der Waals surface area contributed by atoms with Crippen LogP contribution >= 0.6 is 7.94 Å². The molecule has 0 radical (unpaired) electrons. The molecule has 4 atom stereocenters. The van der Waals surface area contributed by atoms with Gasteiger partial charge in [-0.25, -0.2) is 0 Å². The van der Waals surface area contributed by atoms with Crippen molar-refractivity contribution < 1.29 is 51.3 Å². The second-order valence-electron chi connectivity index (χ2n) is 7.33. The van der Waals surface area contributed by atoms with E-state index in [4.69, 9.17) is 34.4 Å². The first kappa shape index (κ1) is 26.5. The van der Waals surface area contributed by atoms with Crippen LogP contribution < -0.4 is 5.32 Å². The fourth-order valence-corrected chi connectivity index (χ4v) is 5.53. The quantitative estimate of drug-likeness (QED) is 0.125. The van der Waals surface area contributed by atoms with Crippen molar-refractivity contribution in [1.82, 2.24) is 5.32 Å². The molecule has 1 aliphatic heterocycles. The standard InChI is InChI=1S/C17H35N3O7PSi.V/c1-22-29(2,3)13-5-8-20-9-12-26-28(21,15-23-10-4-7-18)27-16-6-11-24-17(16)14-25-19;/h16-17,20-21H,4-6,8-15H2,1-3H3;/q+1;/i11T;. The molecule has 1 aliphatic rings.